The Morgan fingerprint density at radius 3 is 2.68 bits per heavy atom. The normalized spacial score (nSPS) is 37.0. The minimum Gasteiger partial charge on any atom is -0.496 e. The third-order valence-corrected chi connectivity index (χ3v) is 6.83. The third kappa shape index (κ3) is 2.57. The minimum atomic E-state index is -0.155. The summed E-state index contributed by atoms with van der Waals surface area (Å²) in [6.07, 6.45) is 2.22. The molecule has 2 aliphatic rings. The van der Waals surface area contributed by atoms with Gasteiger partial charge in [0.1, 0.15) is 5.75 Å². The lowest BCUT2D eigenvalue weighted by molar-refractivity contribution is -0.0955. The summed E-state index contributed by atoms with van der Waals surface area (Å²) >= 11 is 2.56. The van der Waals surface area contributed by atoms with Gasteiger partial charge in [0.25, 0.3) is 0 Å². The predicted octanol–water partition coefficient (Wildman–Crippen LogP) is 4.36. The van der Waals surface area contributed by atoms with Crippen molar-refractivity contribution in [2.24, 2.45) is 5.92 Å². The smallest absolute Gasteiger partial charge is 0.124 e. The van der Waals surface area contributed by atoms with Crippen molar-refractivity contribution in [3.8, 4) is 5.75 Å². The van der Waals surface area contributed by atoms with E-state index in [0.717, 1.165) is 24.2 Å². The van der Waals surface area contributed by atoms with Crippen molar-refractivity contribution in [3.63, 3.8) is 0 Å². The summed E-state index contributed by atoms with van der Waals surface area (Å²) in [6.45, 7) is 7.32. The molecule has 0 saturated carbocycles. The lowest BCUT2D eigenvalue weighted by atomic mass is 9.75. The van der Waals surface area contributed by atoms with E-state index < -0.39 is 0 Å². The van der Waals surface area contributed by atoms with E-state index >= 15 is 0 Å². The molecule has 0 N–H and O–H groups in total. The number of fused-ring (bicyclic) bond motifs is 2. The highest BCUT2D eigenvalue weighted by molar-refractivity contribution is 14.1. The van der Waals surface area contributed by atoms with E-state index in [0.29, 0.717) is 16.4 Å². The van der Waals surface area contributed by atoms with Crippen LogP contribution in [0.15, 0.2) is 24.3 Å². The molecule has 4 heteroatoms. The first-order valence-corrected chi connectivity index (χ1v) is 9.23. The zero-order valence-electron chi connectivity index (χ0n) is 13.8. The molecule has 2 aliphatic heterocycles. The van der Waals surface area contributed by atoms with Gasteiger partial charge in [-0.1, -0.05) is 54.6 Å². The molecular weight excluding hydrogens is 391 g/mol. The fraction of sp³-hybridized carbons (Fsp3) is 0.667. The molecule has 22 heavy (non-hydrogen) atoms. The lowest BCUT2D eigenvalue weighted by Gasteiger charge is -2.35. The Bertz CT molecular complexity index is 547. The van der Waals surface area contributed by atoms with Gasteiger partial charge in [-0.05, 0) is 25.3 Å². The maximum Gasteiger partial charge on any atom is 0.124 e. The van der Waals surface area contributed by atoms with Crippen molar-refractivity contribution in [3.05, 3.63) is 29.8 Å². The quantitative estimate of drug-likeness (QED) is 0.528. The van der Waals surface area contributed by atoms with Crippen LogP contribution in [0.2, 0.25) is 0 Å². The number of hydrogen-bond acceptors (Lipinski definition) is 3. The SMILES string of the molecule is COc1ccccc1COC1CC2(C(C)C)OC1(C)CC2I. The van der Waals surface area contributed by atoms with Crippen molar-refractivity contribution >= 4 is 22.6 Å². The van der Waals surface area contributed by atoms with E-state index in [1.165, 1.54) is 0 Å². The van der Waals surface area contributed by atoms with Gasteiger partial charge in [0.2, 0.25) is 0 Å². The topological polar surface area (TPSA) is 27.7 Å². The van der Waals surface area contributed by atoms with E-state index in [4.69, 9.17) is 14.2 Å². The maximum absolute atomic E-state index is 6.51. The van der Waals surface area contributed by atoms with Gasteiger partial charge < -0.3 is 14.2 Å². The molecule has 1 aromatic rings. The zero-order chi connectivity index (χ0) is 16.0. The van der Waals surface area contributed by atoms with Crippen LogP contribution in [-0.4, -0.2) is 28.3 Å². The molecular formula is C18H25IO3. The van der Waals surface area contributed by atoms with Gasteiger partial charge in [0.05, 0.1) is 31.0 Å². The zero-order valence-corrected chi connectivity index (χ0v) is 15.9. The van der Waals surface area contributed by atoms with Gasteiger partial charge in [-0.2, -0.15) is 0 Å². The summed E-state index contributed by atoms with van der Waals surface area (Å²) in [5.41, 5.74) is 0.916. The number of benzene rings is 1. The summed E-state index contributed by atoms with van der Waals surface area (Å²) in [5, 5.41) is 0. The van der Waals surface area contributed by atoms with Crippen molar-refractivity contribution in [1.82, 2.24) is 0 Å². The summed E-state index contributed by atoms with van der Waals surface area (Å²) < 4.78 is 18.8. The molecule has 0 spiro atoms. The van der Waals surface area contributed by atoms with Crippen molar-refractivity contribution in [1.29, 1.82) is 0 Å². The van der Waals surface area contributed by atoms with E-state index in [2.05, 4.69) is 49.4 Å². The monoisotopic (exact) mass is 416 g/mol. The van der Waals surface area contributed by atoms with Gasteiger partial charge in [-0.15, -0.1) is 0 Å². The average Bonchev–Trinajstić information content (AvgIpc) is 2.93. The molecule has 3 nitrogen and oxygen atoms in total. The molecule has 0 amide bonds. The lowest BCUT2D eigenvalue weighted by Crippen LogP contribution is -2.44. The summed E-state index contributed by atoms with van der Waals surface area (Å²) in [4.78, 5) is 0. The van der Waals surface area contributed by atoms with Gasteiger partial charge in [0, 0.05) is 15.9 Å². The fourth-order valence-corrected chi connectivity index (χ4v) is 5.88. The molecule has 0 aliphatic carbocycles. The Morgan fingerprint density at radius 1 is 1.32 bits per heavy atom. The van der Waals surface area contributed by atoms with Crippen LogP contribution in [0.4, 0.5) is 0 Å². The molecule has 0 aromatic heterocycles. The highest BCUT2D eigenvalue weighted by Crippen LogP contribution is 2.57. The second-order valence-corrected chi connectivity index (χ2v) is 8.52. The number of alkyl halides is 1. The van der Waals surface area contributed by atoms with Crippen LogP contribution in [0.1, 0.15) is 39.2 Å². The van der Waals surface area contributed by atoms with Gasteiger partial charge in [-0.3, -0.25) is 0 Å². The first-order chi connectivity index (χ1) is 10.4. The third-order valence-electron chi connectivity index (χ3n) is 5.33. The van der Waals surface area contributed by atoms with Crippen molar-refractivity contribution in [2.75, 3.05) is 7.11 Å². The first-order valence-electron chi connectivity index (χ1n) is 7.99. The van der Waals surface area contributed by atoms with E-state index in [1.54, 1.807) is 7.11 Å². The highest BCUT2D eigenvalue weighted by Gasteiger charge is 2.65. The Balaban J connectivity index is 1.72. The molecule has 3 rings (SSSR count). The molecule has 2 saturated heterocycles. The van der Waals surface area contributed by atoms with Crippen molar-refractivity contribution < 1.29 is 14.2 Å². The molecule has 122 valence electrons. The molecule has 2 bridgehead atoms. The molecule has 1 aromatic carbocycles. The number of rotatable bonds is 5. The second kappa shape index (κ2) is 5.95. The second-order valence-electron chi connectivity index (χ2n) is 7.01. The average molecular weight is 416 g/mol. The van der Waals surface area contributed by atoms with Crippen molar-refractivity contribution in [2.45, 2.75) is 61.5 Å². The summed E-state index contributed by atoms with van der Waals surface area (Å²) in [5.74, 6) is 1.40. The number of halogens is 1. The van der Waals surface area contributed by atoms with Crippen LogP contribution in [0.25, 0.3) is 0 Å². The molecule has 0 radical (unpaired) electrons. The molecule has 4 unspecified atom stereocenters. The van der Waals surface area contributed by atoms with E-state index in [1.807, 2.05) is 18.2 Å². The van der Waals surface area contributed by atoms with Crippen LogP contribution in [0, 0.1) is 5.92 Å². The van der Waals surface area contributed by atoms with Gasteiger partial charge in [0.15, 0.2) is 0 Å². The Kier molecular flexibility index (Phi) is 4.47. The Morgan fingerprint density at radius 2 is 2.05 bits per heavy atom. The van der Waals surface area contributed by atoms with Crippen LogP contribution in [0.3, 0.4) is 0 Å². The number of para-hydroxylation sites is 1. The number of methoxy groups -OCH3 is 1. The van der Waals surface area contributed by atoms with Gasteiger partial charge in [-0.25, -0.2) is 0 Å². The summed E-state index contributed by atoms with van der Waals surface area (Å²) in [7, 11) is 1.70. The van der Waals surface area contributed by atoms with Crippen LogP contribution in [0.5, 0.6) is 5.75 Å². The minimum absolute atomic E-state index is 0.0270. The standard InChI is InChI=1S/C18H25IO3/c1-12(2)18-10-16(17(3,22-18)9-15(18)19)21-11-13-7-5-6-8-14(13)20-4/h5-8,12,15-16H,9-11H2,1-4H3. The largest absolute Gasteiger partial charge is 0.496 e. The molecule has 2 heterocycles. The number of hydrogen-bond donors (Lipinski definition) is 0. The Hall–Kier alpha value is -0.330. The Labute approximate surface area is 146 Å². The highest BCUT2D eigenvalue weighted by atomic mass is 127. The van der Waals surface area contributed by atoms with E-state index in [9.17, 15) is 0 Å². The van der Waals surface area contributed by atoms with Gasteiger partial charge >= 0.3 is 0 Å². The fourth-order valence-electron chi connectivity index (χ4n) is 3.90. The maximum atomic E-state index is 6.51. The number of ether oxygens (including phenoxy) is 3. The van der Waals surface area contributed by atoms with Crippen LogP contribution in [-0.2, 0) is 16.1 Å². The predicted molar refractivity (Wildman–Crippen MR) is 95.7 cm³/mol. The first kappa shape index (κ1) is 16.5. The molecule has 4 atom stereocenters. The molecule has 2 fully saturated rings. The summed E-state index contributed by atoms with van der Waals surface area (Å²) in [6, 6.07) is 8.05. The van der Waals surface area contributed by atoms with Crippen LogP contribution < -0.4 is 4.74 Å². The van der Waals surface area contributed by atoms with E-state index in [-0.39, 0.29) is 17.3 Å². The van der Waals surface area contributed by atoms with Crippen LogP contribution >= 0.6 is 22.6 Å².